The highest BCUT2D eigenvalue weighted by Gasteiger charge is 2.50. The molecule has 2 saturated carbocycles. The predicted octanol–water partition coefficient (Wildman–Crippen LogP) is 8.38. The van der Waals surface area contributed by atoms with E-state index in [0.717, 1.165) is 31.6 Å². The molecular weight excluding hydrogens is 538 g/mol. The molecule has 13 heteroatoms. The molecule has 0 saturated heterocycles. The molecule has 3 nitrogen and oxygen atoms in total. The number of hydrogen-bond donors (Lipinski definition) is 0. The third kappa shape index (κ3) is 6.79. The van der Waals surface area contributed by atoms with Gasteiger partial charge in [-0.25, -0.2) is 8.78 Å². The minimum Gasteiger partial charge on any atom is -0.206 e. The molecule has 3 rings (SSSR count). The molecular formula is C23H29F8NO2S2. The summed E-state index contributed by atoms with van der Waals surface area (Å²) in [6.07, 6.45) is 9.95. The highest BCUT2D eigenvalue weighted by atomic mass is 32.3. The smallest absolute Gasteiger partial charge is 0.206 e. The molecule has 206 valence electrons. The van der Waals surface area contributed by atoms with Crippen LogP contribution >= 0.6 is 0 Å². The van der Waals surface area contributed by atoms with Gasteiger partial charge in [0.05, 0.1) is 15.6 Å². The minimum absolute atomic E-state index is 0.114. The van der Waals surface area contributed by atoms with Crippen molar-refractivity contribution in [3.63, 3.8) is 0 Å². The lowest BCUT2D eigenvalue weighted by Gasteiger charge is -2.38. The fourth-order valence-corrected chi connectivity index (χ4v) is 8.09. The second-order valence-electron chi connectivity index (χ2n) is 9.72. The Kier molecular flexibility index (Phi) is 9.16. The first-order chi connectivity index (χ1) is 16.6. The monoisotopic (exact) mass is 567 g/mol. The van der Waals surface area contributed by atoms with Crippen LogP contribution in [0.5, 0.6) is 0 Å². The molecule has 0 heterocycles. The van der Waals surface area contributed by atoms with Crippen molar-refractivity contribution in [3.05, 3.63) is 29.3 Å². The highest BCUT2D eigenvalue weighted by molar-refractivity contribution is 8.01. The molecule has 0 aliphatic heterocycles. The normalized spacial score (nSPS) is 27.2. The molecule has 0 spiro atoms. The zero-order valence-electron chi connectivity index (χ0n) is 19.6. The minimum atomic E-state index is -6.63. The van der Waals surface area contributed by atoms with Gasteiger partial charge in [-0.2, -0.15) is 34.8 Å². The summed E-state index contributed by atoms with van der Waals surface area (Å²) in [4.78, 5) is -1.84. The van der Waals surface area contributed by atoms with Gasteiger partial charge in [0, 0.05) is 0 Å². The average molecular weight is 568 g/mol. The summed E-state index contributed by atoms with van der Waals surface area (Å²) >= 11 is 0. The van der Waals surface area contributed by atoms with Crippen LogP contribution in [0.2, 0.25) is 0 Å². The third-order valence-corrected chi connectivity index (χ3v) is 10.6. The van der Waals surface area contributed by atoms with E-state index in [2.05, 4.69) is 6.92 Å². The Hall–Kier alpha value is -1.24. The second kappa shape index (κ2) is 11.2. The standard InChI is InChI=1S/C23H29F8NO2S2/c1-2-3-14-4-6-15(7-5-14)16-8-10-17(11-9-16)18-12-19(24)21(20(25)13-18)35(22(26,27)28)32-36(33,34)23(29,30)31/h12-17H,2-11H2,1H3. The van der Waals surface area contributed by atoms with E-state index in [0.29, 0.717) is 36.8 Å². The lowest BCUT2D eigenvalue weighted by molar-refractivity contribution is -0.0437. The highest BCUT2D eigenvalue weighted by Crippen LogP contribution is 2.45. The van der Waals surface area contributed by atoms with Gasteiger partial charge in [-0.1, -0.05) is 32.6 Å². The van der Waals surface area contributed by atoms with Crippen molar-refractivity contribution in [3.8, 4) is 0 Å². The van der Waals surface area contributed by atoms with Crippen molar-refractivity contribution in [1.29, 1.82) is 0 Å². The average Bonchev–Trinajstić information content (AvgIpc) is 2.77. The molecule has 0 aromatic heterocycles. The van der Waals surface area contributed by atoms with Gasteiger partial charge in [-0.3, -0.25) is 0 Å². The molecule has 2 aliphatic rings. The predicted molar refractivity (Wildman–Crippen MR) is 121 cm³/mol. The van der Waals surface area contributed by atoms with Gasteiger partial charge in [-0.05, 0) is 79.9 Å². The first-order valence-corrected chi connectivity index (χ1v) is 14.6. The topological polar surface area (TPSA) is 46.5 Å². The molecule has 1 aromatic carbocycles. The maximum atomic E-state index is 14.7. The van der Waals surface area contributed by atoms with E-state index >= 15 is 0 Å². The van der Waals surface area contributed by atoms with Crippen LogP contribution in [0.1, 0.15) is 82.6 Å². The molecule has 1 aromatic rings. The zero-order valence-corrected chi connectivity index (χ0v) is 21.3. The first-order valence-electron chi connectivity index (χ1n) is 12.0. The van der Waals surface area contributed by atoms with Gasteiger partial charge in [0.25, 0.3) is 0 Å². The van der Waals surface area contributed by atoms with Crippen molar-refractivity contribution in [1.82, 2.24) is 0 Å². The maximum absolute atomic E-state index is 14.7. The Morgan fingerprint density at radius 2 is 1.33 bits per heavy atom. The summed E-state index contributed by atoms with van der Waals surface area (Å²) in [5.41, 5.74) is -11.8. The van der Waals surface area contributed by atoms with Gasteiger partial charge in [-0.15, -0.1) is 3.77 Å². The van der Waals surface area contributed by atoms with Crippen LogP contribution < -0.4 is 0 Å². The number of halogens is 8. The Morgan fingerprint density at radius 1 is 0.861 bits per heavy atom. The summed E-state index contributed by atoms with van der Waals surface area (Å²) in [6, 6.07) is 1.33. The molecule has 2 fully saturated rings. The molecule has 2 aliphatic carbocycles. The van der Waals surface area contributed by atoms with Crippen molar-refractivity contribution >= 4 is 20.7 Å². The summed E-state index contributed by atoms with van der Waals surface area (Å²) in [7, 11) is -10.8. The van der Waals surface area contributed by atoms with Crippen LogP contribution in [0.3, 0.4) is 0 Å². The van der Waals surface area contributed by atoms with Crippen LogP contribution in [-0.4, -0.2) is 19.4 Å². The fraction of sp³-hybridized carbons (Fsp3) is 0.739. The summed E-state index contributed by atoms with van der Waals surface area (Å²) in [6.45, 7) is 2.18. The number of rotatable bonds is 6. The first kappa shape index (κ1) is 29.3. The Balaban J connectivity index is 1.78. The van der Waals surface area contributed by atoms with E-state index in [4.69, 9.17) is 0 Å². The molecule has 1 atom stereocenters. The van der Waals surface area contributed by atoms with Crippen LogP contribution in [-0.2, 0) is 20.7 Å². The number of nitrogens with zero attached hydrogens (tertiary/aromatic N) is 1. The Morgan fingerprint density at radius 3 is 1.75 bits per heavy atom. The number of alkyl halides is 6. The van der Waals surface area contributed by atoms with Gasteiger partial charge in [0.2, 0.25) is 0 Å². The summed E-state index contributed by atoms with van der Waals surface area (Å²) < 4.78 is 132. The van der Waals surface area contributed by atoms with Gasteiger partial charge < -0.3 is 0 Å². The zero-order chi connectivity index (χ0) is 26.9. The number of sulfonamides is 1. The van der Waals surface area contributed by atoms with Crippen LogP contribution in [0, 0.1) is 29.4 Å². The summed E-state index contributed by atoms with van der Waals surface area (Å²) in [5, 5.41) is 0. The number of benzene rings is 1. The molecule has 0 bridgehead atoms. The molecule has 36 heavy (non-hydrogen) atoms. The van der Waals surface area contributed by atoms with Crippen molar-refractivity contribution in [2.24, 2.45) is 21.5 Å². The van der Waals surface area contributed by atoms with E-state index in [1.807, 2.05) is 3.77 Å². The molecule has 0 N–H and O–H groups in total. The number of hydrogen-bond acceptors (Lipinski definition) is 2. The summed E-state index contributed by atoms with van der Waals surface area (Å²) in [5.74, 6) is -1.97. The van der Waals surface area contributed by atoms with Crippen molar-refractivity contribution in [2.45, 2.75) is 93.0 Å². The SMILES string of the molecule is CCCC1CCC(C2CCC(c3cc(F)c(/S(=N\S(=O)(=O)C(F)(F)F)C(F)(F)F)c(F)c3)CC2)CC1. The van der Waals surface area contributed by atoms with E-state index in [9.17, 15) is 43.5 Å². The van der Waals surface area contributed by atoms with Gasteiger partial charge in [0.15, 0.2) is 0 Å². The van der Waals surface area contributed by atoms with Crippen molar-refractivity contribution < 1.29 is 43.5 Å². The Labute approximate surface area is 208 Å². The van der Waals surface area contributed by atoms with Gasteiger partial charge >= 0.3 is 21.0 Å². The lowest BCUT2D eigenvalue weighted by Crippen LogP contribution is -2.26. The largest absolute Gasteiger partial charge is 0.519 e. The maximum Gasteiger partial charge on any atom is 0.519 e. The lowest BCUT2D eigenvalue weighted by atomic mass is 9.68. The molecule has 1 unspecified atom stereocenters. The van der Waals surface area contributed by atoms with Crippen molar-refractivity contribution in [2.75, 3.05) is 0 Å². The third-order valence-electron chi connectivity index (χ3n) is 7.40. The van der Waals surface area contributed by atoms with Crippen LogP contribution in [0.25, 0.3) is 0 Å². The fourth-order valence-electron chi connectivity index (χ4n) is 5.62. The molecule has 0 amide bonds. The quantitative estimate of drug-likeness (QED) is 0.324. The van der Waals surface area contributed by atoms with E-state index in [-0.39, 0.29) is 11.5 Å². The van der Waals surface area contributed by atoms with Crippen LogP contribution in [0.15, 0.2) is 20.8 Å². The second-order valence-corrected chi connectivity index (χ2v) is 13.2. The van der Waals surface area contributed by atoms with Gasteiger partial charge in [0.1, 0.15) is 11.6 Å². The van der Waals surface area contributed by atoms with E-state index in [1.54, 1.807) is 0 Å². The Bertz CT molecular complexity index is 1030. The molecule has 0 radical (unpaired) electrons. The van der Waals surface area contributed by atoms with E-state index in [1.165, 1.54) is 25.7 Å². The van der Waals surface area contributed by atoms with E-state index < -0.39 is 48.3 Å². The van der Waals surface area contributed by atoms with Crippen LogP contribution in [0.4, 0.5) is 35.1 Å².